The Hall–Kier alpha value is -3.09. The normalized spacial score (nSPS) is 24.3. The Morgan fingerprint density at radius 3 is 1.31 bits per heavy atom. The van der Waals surface area contributed by atoms with Gasteiger partial charge in [-0.15, -0.1) is 0 Å². The number of aliphatic hydroxyl groups is 8. The second-order valence-corrected chi connectivity index (χ2v) is 23.2. The third-order valence-corrected chi connectivity index (χ3v) is 15.8. The maximum Gasteiger partial charge on any atom is 0.220 e. The molecule has 2 fully saturated rings. The molecule has 0 radical (unpaired) electrons. The average Bonchev–Trinajstić information content (AvgIpc) is 3.18. The Morgan fingerprint density at radius 1 is 0.440 bits per heavy atom. The second-order valence-electron chi connectivity index (χ2n) is 23.2. The number of hydrogen-bond donors (Lipinski definition) is 9. The zero-order chi connectivity index (χ0) is 60.9. The number of nitrogens with one attached hydrogen (secondary N) is 1. The predicted octanol–water partition coefficient (Wildman–Crippen LogP) is 13.0. The summed E-state index contributed by atoms with van der Waals surface area (Å²) in [6, 6.07) is -0.948. The van der Waals surface area contributed by atoms with Gasteiger partial charge in [-0.2, -0.15) is 0 Å². The lowest BCUT2D eigenvalue weighted by atomic mass is 9.97. The first kappa shape index (κ1) is 77.0. The molecule has 0 spiro atoms. The molecule has 0 aliphatic carbocycles. The van der Waals surface area contributed by atoms with Gasteiger partial charge in [0.25, 0.3) is 0 Å². The molecule has 12 unspecified atom stereocenters. The number of amides is 1. The lowest BCUT2D eigenvalue weighted by Crippen LogP contribution is -2.65. The van der Waals surface area contributed by atoms with Crippen molar-refractivity contribution < 1.29 is 64.6 Å². The molecule has 14 nitrogen and oxygen atoms in total. The van der Waals surface area contributed by atoms with E-state index in [1.807, 2.05) is 6.08 Å². The lowest BCUT2D eigenvalue weighted by molar-refractivity contribution is -0.359. The van der Waals surface area contributed by atoms with Gasteiger partial charge >= 0.3 is 0 Å². The number of hydrogen-bond acceptors (Lipinski definition) is 13. The zero-order valence-electron chi connectivity index (χ0n) is 52.4. The van der Waals surface area contributed by atoms with Gasteiger partial charge in [0, 0.05) is 6.42 Å². The van der Waals surface area contributed by atoms with Gasteiger partial charge in [-0.1, -0.05) is 252 Å². The minimum absolute atomic E-state index is 0.251. The van der Waals surface area contributed by atoms with Crippen LogP contribution in [0.1, 0.15) is 245 Å². The van der Waals surface area contributed by atoms with Gasteiger partial charge in [0.05, 0.1) is 32.0 Å². The highest BCUT2D eigenvalue weighted by Gasteiger charge is 2.51. The summed E-state index contributed by atoms with van der Waals surface area (Å²) in [6.45, 7) is 2.67. The van der Waals surface area contributed by atoms with Crippen LogP contribution in [0, 0.1) is 0 Å². The fourth-order valence-corrected chi connectivity index (χ4v) is 10.4. The van der Waals surface area contributed by atoms with Crippen molar-refractivity contribution in [1.82, 2.24) is 5.32 Å². The fourth-order valence-electron chi connectivity index (χ4n) is 10.4. The molecule has 2 heterocycles. The van der Waals surface area contributed by atoms with E-state index < -0.39 is 86.8 Å². The van der Waals surface area contributed by atoms with Crippen molar-refractivity contribution in [1.29, 1.82) is 0 Å². The molecule has 0 aromatic rings. The van der Waals surface area contributed by atoms with Crippen LogP contribution in [-0.2, 0) is 23.7 Å². The zero-order valence-corrected chi connectivity index (χ0v) is 52.4. The van der Waals surface area contributed by atoms with E-state index in [0.29, 0.717) is 12.8 Å². The number of carbonyl (C=O) groups is 1. The molecule has 0 aromatic carbocycles. The number of unbranched alkanes of at least 4 members (excludes halogenated alkanes) is 26. The van der Waals surface area contributed by atoms with Crippen molar-refractivity contribution in [3.63, 3.8) is 0 Å². The average molecular weight is 1180 g/mol. The van der Waals surface area contributed by atoms with Crippen LogP contribution >= 0.6 is 0 Å². The van der Waals surface area contributed by atoms with E-state index in [9.17, 15) is 45.6 Å². The number of aliphatic hydroxyl groups excluding tert-OH is 8. The standard InChI is InChI=1S/C70H121NO13/c1-3-5-7-9-11-13-15-17-19-21-23-25-27-29-31-33-35-37-39-41-43-45-47-49-51-53-59(74)58(57-81-69-67(80)65(78)68(61(56-73)83-69)84-70-66(79)64(77)63(76)60(55-72)82-70)71-62(75)54-52-50-48-46-44-42-40-38-36-34-32-30-28-26-24-22-20-18-16-14-12-10-8-6-4-2/h6,8,12,14,18,20,24,26,30,32,36,38,43,45,51,53,58-61,63-70,72-74,76-80H,3-5,7,9-11,13,15-17,19,21-23,25,27-29,31,33-35,37,39-42,44,46-50,52,54-57H2,1-2H3,(H,71,75)/b8-6-,14-12-,20-18-,26-24-,32-30-,38-36-,45-43+,53-51+. The van der Waals surface area contributed by atoms with E-state index >= 15 is 0 Å². The molecule has 0 aromatic heterocycles. The Morgan fingerprint density at radius 2 is 0.833 bits per heavy atom. The van der Waals surface area contributed by atoms with Crippen LogP contribution in [0.25, 0.3) is 0 Å². The molecule has 2 aliphatic rings. The van der Waals surface area contributed by atoms with Crippen LogP contribution in [-0.4, -0.2) is 140 Å². The monoisotopic (exact) mass is 1180 g/mol. The molecule has 84 heavy (non-hydrogen) atoms. The molecule has 2 saturated heterocycles. The maximum absolute atomic E-state index is 13.3. The minimum Gasteiger partial charge on any atom is -0.394 e. The minimum atomic E-state index is -1.80. The summed E-state index contributed by atoms with van der Waals surface area (Å²) in [5, 5.41) is 87.3. The fraction of sp³-hybridized carbons (Fsp3) is 0.757. The van der Waals surface area contributed by atoms with Crippen molar-refractivity contribution >= 4 is 5.91 Å². The summed E-state index contributed by atoms with van der Waals surface area (Å²) >= 11 is 0. The second kappa shape index (κ2) is 54.1. The molecule has 484 valence electrons. The molecular weight excluding hydrogens is 1060 g/mol. The maximum atomic E-state index is 13.3. The van der Waals surface area contributed by atoms with Crippen LogP contribution in [0.2, 0.25) is 0 Å². The smallest absolute Gasteiger partial charge is 0.220 e. The van der Waals surface area contributed by atoms with Gasteiger partial charge in [0.2, 0.25) is 5.91 Å². The molecule has 14 heteroatoms. The van der Waals surface area contributed by atoms with E-state index in [1.54, 1.807) is 6.08 Å². The Balaban J connectivity index is 1.75. The molecule has 9 N–H and O–H groups in total. The van der Waals surface area contributed by atoms with Crippen LogP contribution in [0.4, 0.5) is 0 Å². The van der Waals surface area contributed by atoms with E-state index in [1.165, 1.54) is 122 Å². The number of rotatable bonds is 53. The van der Waals surface area contributed by atoms with Crippen molar-refractivity contribution in [3.8, 4) is 0 Å². The highest BCUT2D eigenvalue weighted by Crippen LogP contribution is 2.30. The molecule has 1 amide bonds. The van der Waals surface area contributed by atoms with Gasteiger partial charge in [0.15, 0.2) is 12.6 Å². The summed E-state index contributed by atoms with van der Waals surface area (Å²) < 4.78 is 22.8. The summed E-state index contributed by atoms with van der Waals surface area (Å²) in [7, 11) is 0. The Labute approximate surface area is 509 Å². The van der Waals surface area contributed by atoms with E-state index in [4.69, 9.17) is 18.9 Å². The highest BCUT2D eigenvalue weighted by atomic mass is 16.7. The largest absolute Gasteiger partial charge is 0.394 e. The van der Waals surface area contributed by atoms with Gasteiger partial charge in [-0.05, 0) is 83.5 Å². The summed E-state index contributed by atoms with van der Waals surface area (Å²) in [5.41, 5.74) is 0. The summed E-state index contributed by atoms with van der Waals surface area (Å²) in [5.74, 6) is -0.266. The molecule has 12 atom stereocenters. The summed E-state index contributed by atoms with van der Waals surface area (Å²) in [4.78, 5) is 13.3. The van der Waals surface area contributed by atoms with Crippen LogP contribution in [0.5, 0.6) is 0 Å². The van der Waals surface area contributed by atoms with Crippen molar-refractivity contribution in [2.24, 2.45) is 0 Å². The van der Waals surface area contributed by atoms with Crippen LogP contribution < -0.4 is 5.32 Å². The van der Waals surface area contributed by atoms with Crippen molar-refractivity contribution in [2.75, 3.05) is 19.8 Å². The first-order valence-electron chi connectivity index (χ1n) is 33.5. The lowest BCUT2D eigenvalue weighted by Gasteiger charge is -2.46. The Bertz CT molecular complexity index is 1780. The topological polar surface area (TPSA) is 228 Å². The molecule has 0 saturated carbocycles. The molecule has 2 rings (SSSR count). The Kier molecular flexibility index (Phi) is 49.6. The molecule has 0 bridgehead atoms. The van der Waals surface area contributed by atoms with Gasteiger partial charge in [0.1, 0.15) is 48.8 Å². The number of ether oxygens (including phenoxy) is 4. The van der Waals surface area contributed by atoms with E-state index in [-0.39, 0.29) is 18.9 Å². The van der Waals surface area contributed by atoms with Gasteiger partial charge in [-0.3, -0.25) is 4.79 Å². The van der Waals surface area contributed by atoms with Gasteiger partial charge in [-0.25, -0.2) is 0 Å². The SMILES string of the molecule is CC/C=C\C/C=C\C/C=C\C/C=C\C/C=C\C/C=C\CCCCCCCCC(=O)NC(COC1OC(CO)C(OC2OC(CO)C(O)C(O)C2O)C(O)C1O)C(O)/C=C/CC/C=C/CCCCCCCCCCCCCCCCCCCCC. The highest BCUT2D eigenvalue weighted by molar-refractivity contribution is 5.76. The number of carbonyl (C=O) groups excluding carboxylic acids is 1. The first-order valence-corrected chi connectivity index (χ1v) is 33.5. The van der Waals surface area contributed by atoms with Crippen molar-refractivity contribution in [2.45, 2.75) is 319 Å². The van der Waals surface area contributed by atoms with Crippen molar-refractivity contribution in [3.05, 3.63) is 97.2 Å². The summed E-state index contributed by atoms with van der Waals surface area (Å²) in [6.07, 6.45) is 58.8. The third-order valence-electron chi connectivity index (χ3n) is 15.8. The molecule has 2 aliphatic heterocycles. The molecular formula is C70H121NO13. The number of allylic oxidation sites excluding steroid dienone is 15. The van der Waals surface area contributed by atoms with Gasteiger partial charge < -0.3 is 65.1 Å². The van der Waals surface area contributed by atoms with Crippen LogP contribution in [0.15, 0.2) is 97.2 Å². The van der Waals surface area contributed by atoms with E-state index in [0.717, 1.165) is 89.9 Å². The van der Waals surface area contributed by atoms with Crippen LogP contribution in [0.3, 0.4) is 0 Å². The predicted molar refractivity (Wildman–Crippen MR) is 341 cm³/mol. The third kappa shape index (κ3) is 38.2. The first-order chi connectivity index (χ1) is 41.1. The quantitative estimate of drug-likeness (QED) is 0.0204. The van der Waals surface area contributed by atoms with E-state index in [2.05, 4.69) is 104 Å².